The van der Waals surface area contributed by atoms with Gasteiger partial charge in [-0.3, -0.25) is 4.79 Å². The highest BCUT2D eigenvalue weighted by atomic mass is 19.1. The van der Waals surface area contributed by atoms with Gasteiger partial charge in [0.05, 0.1) is 6.54 Å². The van der Waals surface area contributed by atoms with Crippen LogP contribution in [0.5, 0.6) is 0 Å². The molecule has 0 saturated carbocycles. The number of anilines is 1. The van der Waals surface area contributed by atoms with Crippen LogP contribution in [0, 0.1) is 5.82 Å². The Labute approximate surface area is 116 Å². The highest BCUT2D eigenvalue weighted by Gasteiger charge is 2.16. The van der Waals surface area contributed by atoms with Crippen molar-refractivity contribution in [3.05, 3.63) is 30.1 Å². The molecule has 1 fully saturated rings. The molecule has 0 bridgehead atoms. The highest BCUT2D eigenvalue weighted by Crippen LogP contribution is 2.08. The molecule has 20 heavy (non-hydrogen) atoms. The van der Waals surface area contributed by atoms with Crippen molar-refractivity contribution in [3.8, 4) is 0 Å². The van der Waals surface area contributed by atoms with E-state index < -0.39 is 11.8 Å². The molecule has 6 nitrogen and oxygen atoms in total. The summed E-state index contributed by atoms with van der Waals surface area (Å²) in [6.45, 7) is 2.75. The number of carbonyl (C=O) groups is 2. The number of carbonyl (C=O) groups excluding carboxylic acids is 2. The third kappa shape index (κ3) is 4.20. The standard InChI is InChI=1S/C13H17FN4O2/c14-10-2-1-3-11(8-10)17-13(20)16-9-12(19)18-6-4-15-5-7-18/h1-3,8,15H,4-7,9H2,(H2,16,17,20). The zero-order valence-corrected chi connectivity index (χ0v) is 11.0. The van der Waals surface area contributed by atoms with Crippen molar-refractivity contribution in [2.24, 2.45) is 0 Å². The molecule has 0 spiro atoms. The van der Waals surface area contributed by atoms with E-state index in [0.29, 0.717) is 18.8 Å². The maximum Gasteiger partial charge on any atom is 0.319 e. The summed E-state index contributed by atoms with van der Waals surface area (Å²) in [4.78, 5) is 25.1. The predicted molar refractivity (Wildman–Crippen MR) is 72.9 cm³/mol. The number of benzene rings is 1. The second-order valence-corrected chi connectivity index (χ2v) is 4.45. The van der Waals surface area contributed by atoms with Crippen molar-refractivity contribution in [1.29, 1.82) is 0 Å². The normalized spacial score (nSPS) is 14.8. The Morgan fingerprint density at radius 2 is 2.05 bits per heavy atom. The predicted octanol–water partition coefficient (Wildman–Crippen LogP) is 0.379. The van der Waals surface area contributed by atoms with Gasteiger partial charge in [-0.2, -0.15) is 0 Å². The first kappa shape index (κ1) is 14.3. The third-order valence-corrected chi connectivity index (χ3v) is 2.95. The van der Waals surface area contributed by atoms with E-state index in [1.54, 1.807) is 11.0 Å². The van der Waals surface area contributed by atoms with Crippen molar-refractivity contribution in [2.75, 3.05) is 38.0 Å². The number of amides is 3. The molecule has 108 valence electrons. The van der Waals surface area contributed by atoms with Crippen LogP contribution in [0.15, 0.2) is 24.3 Å². The molecule has 0 aliphatic carbocycles. The van der Waals surface area contributed by atoms with Gasteiger partial charge in [0.1, 0.15) is 5.82 Å². The van der Waals surface area contributed by atoms with Crippen LogP contribution in [-0.2, 0) is 4.79 Å². The SMILES string of the molecule is O=C(NCC(=O)N1CCNCC1)Nc1cccc(F)c1. The first-order valence-corrected chi connectivity index (χ1v) is 6.44. The zero-order valence-electron chi connectivity index (χ0n) is 11.0. The number of halogens is 1. The number of hydrogen-bond acceptors (Lipinski definition) is 3. The third-order valence-electron chi connectivity index (χ3n) is 2.95. The van der Waals surface area contributed by atoms with Crippen molar-refractivity contribution in [1.82, 2.24) is 15.5 Å². The molecular formula is C13H17FN4O2. The topological polar surface area (TPSA) is 73.5 Å². The van der Waals surface area contributed by atoms with Crippen LogP contribution in [0.25, 0.3) is 0 Å². The van der Waals surface area contributed by atoms with Crippen molar-refractivity contribution >= 4 is 17.6 Å². The second-order valence-electron chi connectivity index (χ2n) is 4.45. The van der Waals surface area contributed by atoms with Crippen LogP contribution in [-0.4, -0.2) is 49.6 Å². The minimum absolute atomic E-state index is 0.0683. The number of hydrogen-bond donors (Lipinski definition) is 3. The summed E-state index contributed by atoms with van der Waals surface area (Å²) in [5, 5.41) is 8.07. The average molecular weight is 280 g/mol. The van der Waals surface area contributed by atoms with Crippen LogP contribution < -0.4 is 16.0 Å². The molecule has 1 aromatic rings. The highest BCUT2D eigenvalue weighted by molar-refractivity contribution is 5.92. The summed E-state index contributed by atoms with van der Waals surface area (Å²) in [7, 11) is 0. The Kier molecular flexibility index (Phi) is 4.89. The average Bonchev–Trinajstić information content (AvgIpc) is 2.46. The van der Waals surface area contributed by atoms with Crippen LogP contribution in [0.1, 0.15) is 0 Å². The molecule has 0 aromatic heterocycles. The number of nitrogens with one attached hydrogen (secondary N) is 3. The lowest BCUT2D eigenvalue weighted by Crippen LogP contribution is -2.49. The minimum atomic E-state index is -0.529. The van der Waals surface area contributed by atoms with E-state index in [0.717, 1.165) is 13.1 Å². The molecule has 1 aromatic carbocycles. The van der Waals surface area contributed by atoms with E-state index in [2.05, 4.69) is 16.0 Å². The number of urea groups is 1. The van der Waals surface area contributed by atoms with Crippen LogP contribution in [0.2, 0.25) is 0 Å². The fourth-order valence-electron chi connectivity index (χ4n) is 1.92. The van der Waals surface area contributed by atoms with Crippen LogP contribution in [0.4, 0.5) is 14.9 Å². The Morgan fingerprint density at radius 1 is 1.30 bits per heavy atom. The second kappa shape index (κ2) is 6.85. The van der Waals surface area contributed by atoms with E-state index in [9.17, 15) is 14.0 Å². The van der Waals surface area contributed by atoms with Crippen molar-refractivity contribution < 1.29 is 14.0 Å². The molecule has 1 aliphatic rings. The molecule has 0 unspecified atom stereocenters. The molecule has 0 atom stereocenters. The van der Waals surface area contributed by atoms with E-state index in [4.69, 9.17) is 0 Å². The smallest absolute Gasteiger partial charge is 0.319 e. The van der Waals surface area contributed by atoms with Crippen molar-refractivity contribution in [3.63, 3.8) is 0 Å². The van der Waals surface area contributed by atoms with Crippen molar-refractivity contribution in [2.45, 2.75) is 0 Å². The lowest BCUT2D eigenvalue weighted by Gasteiger charge is -2.27. The summed E-state index contributed by atoms with van der Waals surface area (Å²) in [6, 6.07) is 5.03. The molecular weight excluding hydrogens is 263 g/mol. The van der Waals surface area contributed by atoms with Gasteiger partial charge in [0, 0.05) is 31.9 Å². The Bertz CT molecular complexity index is 489. The summed E-state index contributed by atoms with van der Waals surface area (Å²) < 4.78 is 12.9. The Balaban J connectivity index is 1.75. The van der Waals surface area contributed by atoms with Gasteiger partial charge in [-0.15, -0.1) is 0 Å². The van der Waals surface area contributed by atoms with Gasteiger partial charge in [-0.05, 0) is 18.2 Å². The molecule has 3 amide bonds. The lowest BCUT2D eigenvalue weighted by molar-refractivity contribution is -0.130. The first-order valence-electron chi connectivity index (χ1n) is 6.44. The van der Waals surface area contributed by atoms with Gasteiger partial charge in [-0.25, -0.2) is 9.18 Å². The monoisotopic (exact) mass is 280 g/mol. The maximum atomic E-state index is 12.9. The van der Waals surface area contributed by atoms with Crippen LogP contribution in [0.3, 0.4) is 0 Å². The molecule has 3 N–H and O–H groups in total. The summed E-state index contributed by atoms with van der Waals surface area (Å²) in [6.07, 6.45) is 0. The quantitative estimate of drug-likeness (QED) is 0.749. The minimum Gasteiger partial charge on any atom is -0.339 e. The molecule has 7 heteroatoms. The molecule has 1 saturated heterocycles. The van der Waals surface area contributed by atoms with Gasteiger partial charge < -0.3 is 20.9 Å². The molecule has 1 aliphatic heterocycles. The van der Waals surface area contributed by atoms with Gasteiger partial charge in [0.15, 0.2) is 0 Å². The largest absolute Gasteiger partial charge is 0.339 e. The summed E-state index contributed by atoms with van der Waals surface area (Å²) >= 11 is 0. The van der Waals surface area contributed by atoms with Gasteiger partial charge >= 0.3 is 6.03 Å². The number of rotatable bonds is 3. The fraction of sp³-hybridized carbons (Fsp3) is 0.385. The first-order chi connectivity index (χ1) is 9.65. The maximum absolute atomic E-state index is 12.9. The lowest BCUT2D eigenvalue weighted by atomic mass is 10.3. The number of nitrogens with zero attached hydrogens (tertiary/aromatic N) is 1. The van der Waals surface area contributed by atoms with E-state index >= 15 is 0 Å². The van der Waals surface area contributed by atoms with E-state index in [-0.39, 0.29) is 12.5 Å². The molecule has 1 heterocycles. The Hall–Kier alpha value is -2.15. The Morgan fingerprint density at radius 3 is 2.75 bits per heavy atom. The van der Waals surface area contributed by atoms with Gasteiger partial charge in [0.2, 0.25) is 5.91 Å². The van der Waals surface area contributed by atoms with E-state index in [1.165, 1.54) is 18.2 Å². The fourth-order valence-corrected chi connectivity index (χ4v) is 1.92. The number of piperazine rings is 1. The van der Waals surface area contributed by atoms with E-state index in [1.807, 2.05) is 0 Å². The molecule has 0 radical (unpaired) electrons. The summed E-state index contributed by atoms with van der Waals surface area (Å²) in [5.41, 5.74) is 0.345. The van der Waals surface area contributed by atoms with Gasteiger partial charge in [0.25, 0.3) is 0 Å². The zero-order chi connectivity index (χ0) is 14.4. The summed E-state index contributed by atoms with van der Waals surface area (Å²) in [5.74, 6) is -0.555. The van der Waals surface area contributed by atoms with Crippen LogP contribution >= 0.6 is 0 Å². The molecule has 2 rings (SSSR count). The van der Waals surface area contributed by atoms with Gasteiger partial charge in [-0.1, -0.05) is 6.07 Å².